The summed E-state index contributed by atoms with van der Waals surface area (Å²) in [6.07, 6.45) is 20.6. The fourth-order valence-electron chi connectivity index (χ4n) is 10.4. The highest BCUT2D eigenvalue weighted by molar-refractivity contribution is 6.30. The Bertz CT molecular complexity index is 3890. The molecule has 11 aromatic rings. The molecular formula is C79H71Cl2N7O. The van der Waals surface area contributed by atoms with Gasteiger partial charge in [-0.25, -0.2) is 0 Å². The van der Waals surface area contributed by atoms with E-state index in [4.69, 9.17) is 38.8 Å². The zero-order valence-electron chi connectivity index (χ0n) is 50.1. The Kier molecular flexibility index (Phi) is 23.8. The molecule has 8 nitrogen and oxygen atoms in total. The van der Waals surface area contributed by atoms with Gasteiger partial charge in [0.15, 0.2) is 5.78 Å². The number of hydrogen-bond donors (Lipinski definition) is 2. The molecule has 0 spiro atoms. The first kappa shape index (κ1) is 64.5. The maximum absolute atomic E-state index is 12.9. The molecule has 0 aliphatic heterocycles. The molecule has 0 fully saturated rings. The molecule has 0 saturated carbocycles. The van der Waals surface area contributed by atoms with Crippen LogP contribution in [0.25, 0.3) is 17.3 Å². The maximum Gasteiger partial charge on any atom is 0.194 e. The van der Waals surface area contributed by atoms with E-state index in [1.165, 1.54) is 40.1 Å². The monoisotopic (exact) mass is 1200 g/mol. The summed E-state index contributed by atoms with van der Waals surface area (Å²) in [7, 11) is 0. The lowest BCUT2D eigenvalue weighted by Gasteiger charge is -2.36. The van der Waals surface area contributed by atoms with Crippen LogP contribution >= 0.6 is 23.2 Å². The Hall–Kier alpha value is -10.5. The van der Waals surface area contributed by atoms with Crippen LogP contribution in [-0.2, 0) is 11.1 Å². The Morgan fingerprint density at radius 2 is 1.03 bits per heavy atom. The highest BCUT2D eigenvalue weighted by Gasteiger charge is 2.41. The minimum Gasteiger partial charge on any atom is -0.384 e. The van der Waals surface area contributed by atoms with Gasteiger partial charge in [-0.3, -0.25) is 19.1 Å². The van der Waals surface area contributed by atoms with Crippen LogP contribution in [0.2, 0.25) is 5.02 Å². The second-order valence-corrected chi connectivity index (χ2v) is 21.2. The van der Waals surface area contributed by atoms with Crippen molar-refractivity contribution in [1.82, 2.24) is 29.9 Å². The summed E-state index contributed by atoms with van der Waals surface area (Å²) in [4.78, 5) is 17.6. The topological polar surface area (TPSA) is 101 Å². The van der Waals surface area contributed by atoms with E-state index in [0.717, 1.165) is 49.9 Å². The lowest BCUT2D eigenvalue weighted by atomic mass is 9.77. The van der Waals surface area contributed by atoms with Crippen molar-refractivity contribution in [2.24, 2.45) is 0 Å². The van der Waals surface area contributed by atoms with Crippen LogP contribution in [0.3, 0.4) is 0 Å². The van der Waals surface area contributed by atoms with E-state index in [-0.39, 0.29) is 5.78 Å². The fraction of sp³-hybridized carbons (Fsp3) is 0.0759. The highest BCUT2D eigenvalue weighted by Crippen LogP contribution is 2.43. The lowest BCUT2D eigenvalue weighted by molar-refractivity contribution is 0.103. The fourth-order valence-corrected chi connectivity index (χ4v) is 10.6. The zero-order valence-corrected chi connectivity index (χ0v) is 51.7. The summed E-state index contributed by atoms with van der Waals surface area (Å²) in [5, 5.41) is 20.5. The van der Waals surface area contributed by atoms with Gasteiger partial charge < -0.3 is 10.7 Å². The lowest BCUT2D eigenvalue weighted by Crippen LogP contribution is -2.38. The third kappa shape index (κ3) is 16.1. The van der Waals surface area contributed by atoms with Crippen molar-refractivity contribution in [2.45, 2.75) is 37.9 Å². The van der Waals surface area contributed by atoms with Crippen LogP contribution in [0, 0.1) is 19.3 Å². The predicted octanol–water partition coefficient (Wildman–Crippen LogP) is 19.2. The molecule has 0 amide bonds. The summed E-state index contributed by atoms with van der Waals surface area (Å²) < 4.78 is 4.12. The molecule has 0 bridgehead atoms. The number of hydrogen-bond acceptors (Lipinski definition) is 6. The van der Waals surface area contributed by atoms with Crippen LogP contribution in [0.4, 0.5) is 0 Å². The van der Waals surface area contributed by atoms with Crippen molar-refractivity contribution in [3.63, 3.8) is 0 Å². The van der Waals surface area contributed by atoms with Gasteiger partial charge in [-0.05, 0) is 114 Å². The van der Waals surface area contributed by atoms with Gasteiger partial charge in [0.2, 0.25) is 0 Å². The first-order valence-electron chi connectivity index (χ1n) is 29.1. The largest absolute Gasteiger partial charge is 0.384 e. The first-order chi connectivity index (χ1) is 43.6. The Balaban J connectivity index is 0.000000177. The summed E-state index contributed by atoms with van der Waals surface area (Å²) >= 11 is 11.5. The van der Waals surface area contributed by atoms with Crippen molar-refractivity contribution < 1.29 is 4.79 Å². The van der Waals surface area contributed by atoms with Crippen molar-refractivity contribution in [3.05, 3.63) is 407 Å². The summed E-state index contributed by atoms with van der Waals surface area (Å²) in [5.74, 6) is -0.174. The van der Waals surface area contributed by atoms with Crippen molar-refractivity contribution in [3.8, 4) is 11.3 Å². The first-order valence-corrected chi connectivity index (χ1v) is 29.9. The van der Waals surface area contributed by atoms with Crippen molar-refractivity contribution >= 4 is 41.3 Å². The average Bonchev–Trinajstić information content (AvgIpc) is 1.76. The SMILES string of the molecule is C=C/C(=C\C=C\Cl)C(=O)c1ccc(-c2cn(C(c3ccccc3)(c3ccccc3)c3ccccc3)nc2C)nc1.C=C/C=C\C=N.C[C@@H](N/C=C/c1ccc(Cl)cc1)c1ccccc1.Cc1ccn(C(c2ccccc2)(c2ccccc2)c2ccccc2)n1. The van der Waals surface area contributed by atoms with E-state index in [2.05, 4.69) is 235 Å². The smallest absolute Gasteiger partial charge is 0.194 e. The summed E-state index contributed by atoms with van der Waals surface area (Å²) in [6, 6.07) is 87.1. The minimum absolute atomic E-state index is 0.174. The van der Waals surface area contributed by atoms with Gasteiger partial charge in [0.1, 0.15) is 11.1 Å². The number of nitrogens with one attached hydrogen (secondary N) is 2. The number of carbonyl (C=O) groups excluding carboxylic acids is 1. The quantitative estimate of drug-likeness (QED) is 0.0276. The molecule has 0 saturated heterocycles. The minimum atomic E-state index is -0.720. The molecular weight excluding hydrogens is 1130 g/mol. The van der Waals surface area contributed by atoms with Crippen LogP contribution in [-0.4, -0.2) is 36.5 Å². The number of benzene rings is 8. The van der Waals surface area contributed by atoms with Gasteiger partial charge in [-0.2, -0.15) is 10.2 Å². The molecule has 3 heterocycles. The standard InChI is InChI=1S/C35H28ClN3O.C23H20N2.C16H16ClN.C5H7N/c1-3-27(14-13-23-36)34(40)28-21-22-33(37-24-28)32-25-39(38-26(32)2)35(29-15-7-4-8-16-29,30-17-9-5-10-18-30)31-19-11-6-12-20-31;1-19-17-18-25(24-19)23(20-11-5-2-6-12-20,21-13-7-3-8-14-21)22-15-9-4-10-16-22;1-13(15-5-3-2-4-6-15)18-12-11-14-7-9-16(17)10-8-14;1-2-3-4-5-6/h3-25H,1H2,2H3;2-18H,1H3;2-13,18H,1H3;2-6H,1H2/b23-13+,27-14+;;12-11+;4-3-,6-5?/t;;13-;/m..1./s1. The molecule has 442 valence electrons. The Morgan fingerprint density at radius 1 is 0.573 bits per heavy atom. The number of pyridine rings is 1. The van der Waals surface area contributed by atoms with Crippen LogP contribution in [0.1, 0.15) is 79.2 Å². The molecule has 1 atom stereocenters. The Morgan fingerprint density at radius 3 is 1.42 bits per heavy atom. The van der Waals surface area contributed by atoms with E-state index in [9.17, 15) is 4.79 Å². The zero-order chi connectivity index (χ0) is 62.7. The van der Waals surface area contributed by atoms with E-state index in [1.807, 2.05) is 91.6 Å². The number of rotatable bonds is 19. The number of aryl methyl sites for hydroxylation is 2. The van der Waals surface area contributed by atoms with Crippen LogP contribution < -0.4 is 5.32 Å². The number of carbonyl (C=O) groups is 1. The normalized spacial score (nSPS) is 11.7. The highest BCUT2D eigenvalue weighted by atomic mass is 35.5. The second kappa shape index (κ2) is 32.8. The van der Waals surface area contributed by atoms with Crippen LogP contribution in [0.5, 0.6) is 0 Å². The number of aromatic nitrogens is 5. The maximum atomic E-state index is 12.9. The van der Waals surface area contributed by atoms with Gasteiger partial charge in [0.05, 0.1) is 17.1 Å². The van der Waals surface area contributed by atoms with Crippen LogP contribution in [0.15, 0.2) is 340 Å². The molecule has 11 rings (SSSR count). The Labute approximate surface area is 534 Å². The predicted molar refractivity (Wildman–Crippen MR) is 371 cm³/mol. The van der Waals surface area contributed by atoms with Gasteiger partial charge in [0.25, 0.3) is 0 Å². The molecule has 89 heavy (non-hydrogen) atoms. The van der Waals surface area contributed by atoms with Gasteiger partial charge in [-0.1, -0.05) is 291 Å². The summed E-state index contributed by atoms with van der Waals surface area (Å²) in [5.41, 5.74) is 13.7. The molecule has 0 aliphatic carbocycles. The molecule has 2 N–H and O–H groups in total. The number of allylic oxidation sites excluding steroid dienone is 7. The number of halogens is 2. The second-order valence-electron chi connectivity index (χ2n) is 20.5. The van der Waals surface area contributed by atoms with Gasteiger partial charge in [-0.15, -0.1) is 0 Å². The number of nitrogens with zero attached hydrogens (tertiary/aromatic N) is 5. The molecule has 0 aliphatic rings. The number of Topliss-reactive ketones (excluding diaryl/α,β-unsaturated/α-hetero) is 1. The van der Waals surface area contributed by atoms with E-state index in [1.54, 1.807) is 42.6 Å². The van der Waals surface area contributed by atoms with Gasteiger partial charge in [0, 0.05) is 58.1 Å². The summed E-state index contributed by atoms with van der Waals surface area (Å²) in [6.45, 7) is 13.3. The van der Waals surface area contributed by atoms with Crippen molar-refractivity contribution in [1.29, 1.82) is 5.41 Å². The molecule has 0 unspecified atom stereocenters. The van der Waals surface area contributed by atoms with Crippen molar-refractivity contribution in [2.75, 3.05) is 0 Å². The molecule has 3 aromatic heterocycles. The third-order valence-electron chi connectivity index (χ3n) is 14.7. The molecule has 10 heteroatoms. The average molecular weight is 1210 g/mol. The molecule has 0 radical (unpaired) electrons. The number of ketones is 1. The van der Waals surface area contributed by atoms with E-state index in [0.29, 0.717) is 17.2 Å². The third-order valence-corrected chi connectivity index (χ3v) is 15.1. The molecule has 8 aromatic carbocycles. The van der Waals surface area contributed by atoms with E-state index < -0.39 is 11.1 Å². The van der Waals surface area contributed by atoms with Gasteiger partial charge >= 0.3 is 0 Å². The van der Waals surface area contributed by atoms with E-state index >= 15 is 0 Å².